The van der Waals surface area contributed by atoms with E-state index in [0.717, 1.165) is 16.8 Å². The third-order valence-corrected chi connectivity index (χ3v) is 10.6. The van der Waals surface area contributed by atoms with Gasteiger partial charge in [-0.1, -0.05) is 163 Å². The number of nitrogens with zero attached hydrogens (tertiary/aromatic N) is 2. The molecule has 0 amide bonds. The molecule has 1 aromatic heterocycles. The van der Waals surface area contributed by atoms with Gasteiger partial charge in [-0.3, -0.25) is 4.99 Å². The molecule has 1 aliphatic heterocycles. The van der Waals surface area contributed by atoms with Crippen LogP contribution in [0.3, 0.4) is 0 Å². The van der Waals surface area contributed by atoms with Crippen LogP contribution in [0, 0.1) is 0 Å². The minimum absolute atomic E-state index is 0.540. The van der Waals surface area contributed by atoms with Crippen molar-refractivity contribution in [1.82, 2.24) is 4.57 Å². The number of rotatable bonds is 6. The highest BCUT2D eigenvalue weighted by atomic mass is 32.2. The van der Waals surface area contributed by atoms with E-state index in [1.54, 1.807) is 0 Å². The van der Waals surface area contributed by atoms with E-state index in [1.165, 1.54) is 59.4 Å². The van der Waals surface area contributed by atoms with Crippen molar-refractivity contribution in [2.75, 3.05) is 0 Å². The van der Waals surface area contributed by atoms with Gasteiger partial charge >= 0.3 is 0 Å². The van der Waals surface area contributed by atoms with Crippen LogP contribution in [0.15, 0.2) is 185 Å². The van der Waals surface area contributed by atoms with Crippen molar-refractivity contribution < 1.29 is 0 Å². The molecule has 252 valence electrons. The molecule has 0 aliphatic carbocycles. The summed E-state index contributed by atoms with van der Waals surface area (Å²) in [6.45, 7) is 1.17. The number of aliphatic imine (C=N–C) groups is 1. The van der Waals surface area contributed by atoms with E-state index >= 15 is 0 Å². The molecule has 0 unspecified atom stereocenters. The topological polar surface area (TPSA) is 69.3 Å². The number of hydrogen-bond donors (Lipinski definition) is 2. The van der Waals surface area contributed by atoms with Gasteiger partial charge in [0.2, 0.25) is 0 Å². The molecule has 52 heavy (non-hydrogen) atoms. The van der Waals surface area contributed by atoms with Gasteiger partial charge in [0.1, 0.15) is 5.84 Å². The van der Waals surface area contributed by atoms with Crippen molar-refractivity contribution in [3.05, 3.63) is 198 Å². The zero-order valence-corrected chi connectivity index (χ0v) is 29.5. The summed E-state index contributed by atoms with van der Waals surface area (Å²) in [6.07, 6.45) is 4.49. The molecule has 0 atom stereocenters. The molecule has 4 nitrogen and oxygen atoms in total. The van der Waals surface area contributed by atoms with Crippen LogP contribution in [-0.4, -0.2) is 10.4 Å². The fourth-order valence-electron chi connectivity index (χ4n) is 6.71. The van der Waals surface area contributed by atoms with Crippen LogP contribution in [0.25, 0.3) is 50.8 Å². The first kappa shape index (κ1) is 33.0. The van der Waals surface area contributed by atoms with Crippen molar-refractivity contribution >= 4 is 51.6 Å². The lowest BCUT2D eigenvalue weighted by Gasteiger charge is -2.14. The Hall–Kier alpha value is -6.14. The molecule has 0 bridgehead atoms. The van der Waals surface area contributed by atoms with Crippen molar-refractivity contribution in [1.29, 1.82) is 0 Å². The highest BCUT2D eigenvalue weighted by Gasteiger charge is 2.20. The van der Waals surface area contributed by atoms with Gasteiger partial charge in [-0.2, -0.15) is 0 Å². The smallest absolute Gasteiger partial charge is 0.125 e. The van der Waals surface area contributed by atoms with Crippen LogP contribution in [-0.2, 0) is 13.1 Å². The maximum absolute atomic E-state index is 5.93. The third-order valence-electron chi connectivity index (χ3n) is 9.34. The second-order valence-corrected chi connectivity index (χ2v) is 13.8. The molecule has 0 fully saturated rings. The van der Waals surface area contributed by atoms with Crippen molar-refractivity contribution in [3.63, 3.8) is 0 Å². The molecular formula is C47H38N4S. The molecule has 0 saturated heterocycles. The number of hydrogen-bond acceptors (Lipinski definition) is 3. The molecule has 7 aromatic carbocycles. The van der Waals surface area contributed by atoms with Crippen LogP contribution in [0.1, 0.15) is 27.8 Å². The Morgan fingerprint density at radius 1 is 0.577 bits per heavy atom. The van der Waals surface area contributed by atoms with E-state index in [4.69, 9.17) is 11.5 Å². The van der Waals surface area contributed by atoms with Gasteiger partial charge in [0.25, 0.3) is 0 Å². The lowest BCUT2D eigenvalue weighted by molar-refractivity contribution is 1.06. The number of aromatic nitrogens is 1. The van der Waals surface area contributed by atoms with E-state index in [0.29, 0.717) is 18.9 Å². The van der Waals surface area contributed by atoms with E-state index in [-0.39, 0.29) is 0 Å². The molecule has 2 heterocycles. The number of nitrogens with two attached hydrogens (primary N) is 2. The van der Waals surface area contributed by atoms with Gasteiger partial charge in [0.05, 0.1) is 17.6 Å². The fourth-order valence-corrected chi connectivity index (χ4v) is 7.89. The quantitative estimate of drug-likeness (QED) is 0.135. The molecule has 8 aromatic rings. The summed E-state index contributed by atoms with van der Waals surface area (Å²) in [6, 6.07) is 59.2. The van der Waals surface area contributed by atoms with Gasteiger partial charge < -0.3 is 16.0 Å². The van der Waals surface area contributed by atoms with E-state index in [1.807, 2.05) is 72.4 Å². The summed E-state index contributed by atoms with van der Waals surface area (Å²) in [7, 11) is 0. The summed E-state index contributed by atoms with van der Waals surface area (Å²) < 4.78 is 2.44. The first-order valence-corrected chi connectivity index (χ1v) is 18.3. The second-order valence-electron chi connectivity index (χ2n) is 12.7. The van der Waals surface area contributed by atoms with E-state index in [9.17, 15) is 0 Å². The standard InChI is InChI=1S/C33H24N2S.C14H14N2/c34-21-22-7-5-9-25(19-22)26-10-6-11-27(20-26)35-30-13-3-2-12-28(30)29-18-17-24-16-15-23-8-1-4-14-31(23)36-33(24)32(29)35;15-14(13-9-5-2-6-10-13)16-11-12-7-3-1-4-8-12/h1-20H,21,34H2;1-10H,11H2,(H2,15,16). The van der Waals surface area contributed by atoms with Crippen molar-refractivity contribution in [2.24, 2.45) is 16.5 Å². The lowest BCUT2D eigenvalue weighted by atomic mass is 10.0. The predicted molar refractivity (Wildman–Crippen MR) is 221 cm³/mol. The second kappa shape index (κ2) is 15.0. The van der Waals surface area contributed by atoms with Crippen LogP contribution >= 0.6 is 11.8 Å². The average molecular weight is 691 g/mol. The SMILES string of the molecule is NC(=NCc1ccccc1)c1ccccc1.NCc1cccc(-c2cccc(-n3c4ccccc4c4ccc5c(c43)Sc3ccccc3C=C5)c2)c1. The molecule has 0 spiro atoms. The molecule has 9 rings (SSSR count). The summed E-state index contributed by atoms with van der Waals surface area (Å²) in [5.74, 6) is 0.587. The number of fused-ring (bicyclic) bond motifs is 6. The maximum Gasteiger partial charge on any atom is 0.125 e. The molecule has 1 aliphatic rings. The maximum atomic E-state index is 5.93. The lowest BCUT2D eigenvalue weighted by Crippen LogP contribution is -2.13. The van der Waals surface area contributed by atoms with E-state index < -0.39 is 0 Å². The normalized spacial score (nSPS) is 12.1. The Labute approximate surface area is 308 Å². The largest absolute Gasteiger partial charge is 0.383 e. The van der Waals surface area contributed by atoms with Gasteiger partial charge in [0.15, 0.2) is 0 Å². The first-order valence-electron chi connectivity index (χ1n) is 17.5. The molecular weight excluding hydrogens is 653 g/mol. The third kappa shape index (κ3) is 6.80. The molecule has 0 saturated carbocycles. The van der Waals surface area contributed by atoms with Crippen LogP contribution in [0.4, 0.5) is 0 Å². The number of para-hydroxylation sites is 1. The van der Waals surface area contributed by atoms with E-state index in [2.05, 4.69) is 131 Å². The zero-order valence-electron chi connectivity index (χ0n) is 28.7. The molecule has 0 radical (unpaired) electrons. The molecule has 5 heteroatoms. The summed E-state index contributed by atoms with van der Waals surface area (Å²) in [4.78, 5) is 6.93. The van der Waals surface area contributed by atoms with Crippen LogP contribution in [0.2, 0.25) is 0 Å². The summed E-state index contributed by atoms with van der Waals surface area (Å²) in [5.41, 5.74) is 23.6. The number of amidine groups is 1. The Bertz CT molecular complexity index is 2570. The van der Waals surface area contributed by atoms with Crippen molar-refractivity contribution in [2.45, 2.75) is 22.9 Å². The fraction of sp³-hybridized carbons (Fsp3) is 0.0426. The first-order chi connectivity index (χ1) is 25.7. The Balaban J connectivity index is 0.000000203. The minimum atomic E-state index is 0.540. The molecule has 4 N–H and O–H groups in total. The van der Waals surface area contributed by atoms with Crippen molar-refractivity contribution in [3.8, 4) is 16.8 Å². The Morgan fingerprint density at radius 3 is 2.08 bits per heavy atom. The monoisotopic (exact) mass is 690 g/mol. The summed E-state index contributed by atoms with van der Waals surface area (Å²) >= 11 is 1.87. The Kier molecular flexibility index (Phi) is 9.53. The average Bonchev–Trinajstić information content (AvgIpc) is 3.43. The summed E-state index contributed by atoms with van der Waals surface area (Å²) in [5, 5.41) is 2.55. The van der Waals surface area contributed by atoms with Gasteiger partial charge in [0, 0.05) is 38.4 Å². The number of benzene rings is 7. The van der Waals surface area contributed by atoms with Crippen LogP contribution in [0.5, 0.6) is 0 Å². The minimum Gasteiger partial charge on any atom is -0.383 e. The Morgan fingerprint density at radius 2 is 1.25 bits per heavy atom. The highest BCUT2D eigenvalue weighted by molar-refractivity contribution is 7.99. The highest BCUT2D eigenvalue weighted by Crippen LogP contribution is 2.45. The zero-order chi connectivity index (χ0) is 35.3. The van der Waals surface area contributed by atoms with Gasteiger partial charge in [-0.05, 0) is 63.7 Å². The van der Waals surface area contributed by atoms with Gasteiger partial charge in [-0.15, -0.1) is 0 Å². The van der Waals surface area contributed by atoms with Gasteiger partial charge in [-0.25, -0.2) is 0 Å². The predicted octanol–water partition coefficient (Wildman–Crippen LogP) is 11.1. The van der Waals surface area contributed by atoms with Crippen LogP contribution < -0.4 is 11.5 Å².